The lowest BCUT2D eigenvalue weighted by Crippen LogP contribution is -2.47. The molecular weight excluding hydrogens is 420 g/mol. The quantitative estimate of drug-likeness (QED) is 0.616. The summed E-state index contributed by atoms with van der Waals surface area (Å²) in [4.78, 5) is 39.5. The van der Waals surface area contributed by atoms with Crippen molar-refractivity contribution in [2.45, 2.75) is 59.4 Å². The molecule has 0 unspecified atom stereocenters. The van der Waals surface area contributed by atoms with E-state index in [9.17, 15) is 14.4 Å². The van der Waals surface area contributed by atoms with Crippen molar-refractivity contribution in [1.29, 1.82) is 0 Å². The zero-order chi connectivity index (χ0) is 24.0. The van der Waals surface area contributed by atoms with Crippen LogP contribution in [-0.4, -0.2) is 58.2 Å². The van der Waals surface area contributed by atoms with Crippen molar-refractivity contribution in [3.63, 3.8) is 0 Å². The van der Waals surface area contributed by atoms with Gasteiger partial charge < -0.3 is 15.0 Å². The molecule has 0 aliphatic carbocycles. The van der Waals surface area contributed by atoms with Gasteiger partial charge in [-0.25, -0.2) is 9.48 Å². The SMILES string of the molecule is CCC[C@@H](C)NC(=O)[C@H]1CCCN(C(=O)c2ccc(-n3ncc(C(=O)OCC)c3C)cc2)C1. The van der Waals surface area contributed by atoms with E-state index in [0.29, 0.717) is 36.5 Å². The number of piperidine rings is 1. The van der Waals surface area contributed by atoms with E-state index in [1.54, 1.807) is 35.6 Å². The van der Waals surface area contributed by atoms with E-state index in [-0.39, 0.29) is 23.8 Å². The van der Waals surface area contributed by atoms with Gasteiger partial charge in [0.25, 0.3) is 5.91 Å². The van der Waals surface area contributed by atoms with E-state index in [2.05, 4.69) is 17.3 Å². The van der Waals surface area contributed by atoms with Crippen LogP contribution in [-0.2, 0) is 9.53 Å². The van der Waals surface area contributed by atoms with Crippen LogP contribution >= 0.6 is 0 Å². The second kappa shape index (κ2) is 11.1. The van der Waals surface area contributed by atoms with Gasteiger partial charge >= 0.3 is 5.97 Å². The number of ether oxygens (including phenoxy) is 1. The molecular formula is C25H34N4O4. The Kier molecular flexibility index (Phi) is 8.25. The number of carbonyl (C=O) groups excluding carboxylic acids is 3. The molecule has 0 radical (unpaired) electrons. The van der Waals surface area contributed by atoms with E-state index in [4.69, 9.17) is 4.74 Å². The fourth-order valence-corrected chi connectivity index (χ4v) is 4.25. The third kappa shape index (κ3) is 5.80. The van der Waals surface area contributed by atoms with Crippen LogP contribution < -0.4 is 5.32 Å². The molecule has 8 nitrogen and oxygen atoms in total. The number of nitrogens with one attached hydrogen (secondary N) is 1. The van der Waals surface area contributed by atoms with Crippen molar-refractivity contribution in [2.75, 3.05) is 19.7 Å². The van der Waals surface area contributed by atoms with Gasteiger partial charge in [-0.2, -0.15) is 5.10 Å². The van der Waals surface area contributed by atoms with Crippen molar-refractivity contribution in [3.05, 3.63) is 47.3 Å². The lowest BCUT2D eigenvalue weighted by molar-refractivity contribution is -0.127. The molecule has 178 valence electrons. The average Bonchev–Trinajstić information content (AvgIpc) is 3.20. The molecule has 1 aromatic heterocycles. The standard InChI is InChI=1S/C25H34N4O4/c1-5-8-17(3)27-23(30)20-9-7-14-28(16-20)24(31)19-10-12-21(13-11-19)29-18(4)22(15-26-29)25(32)33-6-2/h10-13,15,17,20H,5-9,14,16H2,1-4H3,(H,27,30)/t17-,20+/m1/s1. The summed E-state index contributed by atoms with van der Waals surface area (Å²) in [7, 11) is 0. The second-order valence-electron chi connectivity index (χ2n) is 8.61. The van der Waals surface area contributed by atoms with Gasteiger partial charge in [0, 0.05) is 24.7 Å². The summed E-state index contributed by atoms with van der Waals surface area (Å²) in [5.74, 6) is -0.615. The van der Waals surface area contributed by atoms with Crippen LogP contribution in [0.15, 0.2) is 30.5 Å². The highest BCUT2D eigenvalue weighted by molar-refractivity contribution is 5.95. The molecule has 1 aliphatic rings. The number of likely N-dealkylation sites (tertiary alicyclic amines) is 1. The Morgan fingerprint density at radius 1 is 1.21 bits per heavy atom. The van der Waals surface area contributed by atoms with Crippen molar-refractivity contribution >= 4 is 17.8 Å². The minimum atomic E-state index is -0.402. The summed E-state index contributed by atoms with van der Waals surface area (Å²) in [5.41, 5.74) is 2.41. The maximum absolute atomic E-state index is 13.1. The number of esters is 1. The zero-order valence-electron chi connectivity index (χ0n) is 20.0. The summed E-state index contributed by atoms with van der Waals surface area (Å²) < 4.78 is 6.72. The lowest BCUT2D eigenvalue weighted by atomic mass is 9.96. The maximum atomic E-state index is 13.1. The van der Waals surface area contributed by atoms with E-state index in [0.717, 1.165) is 31.4 Å². The second-order valence-corrected chi connectivity index (χ2v) is 8.61. The van der Waals surface area contributed by atoms with Crippen molar-refractivity contribution in [1.82, 2.24) is 20.0 Å². The smallest absolute Gasteiger partial charge is 0.341 e. The average molecular weight is 455 g/mol. The molecule has 1 aliphatic heterocycles. The van der Waals surface area contributed by atoms with Crippen molar-refractivity contribution in [3.8, 4) is 5.69 Å². The normalized spacial score (nSPS) is 16.8. The number of benzene rings is 1. The van der Waals surface area contributed by atoms with Crippen molar-refractivity contribution < 1.29 is 19.1 Å². The Bertz CT molecular complexity index is 983. The lowest BCUT2D eigenvalue weighted by Gasteiger charge is -2.32. The van der Waals surface area contributed by atoms with Gasteiger partial charge in [-0.15, -0.1) is 0 Å². The Hall–Kier alpha value is -3.16. The number of amides is 2. The molecule has 1 fully saturated rings. The molecule has 0 saturated carbocycles. The Balaban J connectivity index is 1.67. The molecule has 2 heterocycles. The zero-order valence-corrected chi connectivity index (χ0v) is 20.0. The van der Waals surface area contributed by atoms with Crippen LogP contribution in [0, 0.1) is 12.8 Å². The van der Waals surface area contributed by atoms with Crippen LogP contribution in [0.3, 0.4) is 0 Å². The number of hydrogen-bond donors (Lipinski definition) is 1. The molecule has 1 saturated heterocycles. The fourth-order valence-electron chi connectivity index (χ4n) is 4.25. The molecule has 33 heavy (non-hydrogen) atoms. The molecule has 0 bridgehead atoms. The Morgan fingerprint density at radius 3 is 2.61 bits per heavy atom. The highest BCUT2D eigenvalue weighted by atomic mass is 16.5. The first-order chi connectivity index (χ1) is 15.8. The number of nitrogens with zero attached hydrogens (tertiary/aromatic N) is 3. The van der Waals surface area contributed by atoms with Gasteiger partial charge in [-0.05, 0) is 64.3 Å². The van der Waals surface area contributed by atoms with Crippen LogP contribution in [0.4, 0.5) is 0 Å². The number of carbonyl (C=O) groups is 3. The van der Waals surface area contributed by atoms with E-state index in [1.165, 1.54) is 6.20 Å². The molecule has 2 amide bonds. The first-order valence-corrected chi connectivity index (χ1v) is 11.8. The number of rotatable bonds is 8. The first kappa shape index (κ1) is 24.5. The summed E-state index contributed by atoms with van der Waals surface area (Å²) in [5, 5.41) is 7.37. The van der Waals surface area contributed by atoms with Gasteiger partial charge in [0.1, 0.15) is 5.56 Å². The maximum Gasteiger partial charge on any atom is 0.341 e. The highest BCUT2D eigenvalue weighted by Crippen LogP contribution is 2.21. The summed E-state index contributed by atoms with van der Waals surface area (Å²) >= 11 is 0. The molecule has 1 aromatic carbocycles. The number of aromatic nitrogens is 2. The van der Waals surface area contributed by atoms with Crippen LogP contribution in [0.5, 0.6) is 0 Å². The van der Waals surface area contributed by atoms with Gasteiger partial charge in [0.05, 0.1) is 30.1 Å². The largest absolute Gasteiger partial charge is 0.462 e. The summed E-state index contributed by atoms with van der Waals surface area (Å²) in [6.45, 7) is 9.07. The molecule has 8 heteroatoms. The Morgan fingerprint density at radius 2 is 1.94 bits per heavy atom. The van der Waals surface area contributed by atoms with Crippen LogP contribution in [0.25, 0.3) is 5.69 Å². The molecule has 3 rings (SSSR count). The Labute approximate surface area is 195 Å². The van der Waals surface area contributed by atoms with Gasteiger partial charge in [-0.3, -0.25) is 9.59 Å². The van der Waals surface area contributed by atoms with Crippen molar-refractivity contribution in [2.24, 2.45) is 5.92 Å². The summed E-state index contributed by atoms with van der Waals surface area (Å²) in [6.07, 6.45) is 5.08. The minimum Gasteiger partial charge on any atom is -0.462 e. The van der Waals surface area contributed by atoms with Gasteiger partial charge in [0.2, 0.25) is 5.91 Å². The van der Waals surface area contributed by atoms with Crippen LogP contribution in [0.2, 0.25) is 0 Å². The van der Waals surface area contributed by atoms with E-state index in [1.807, 2.05) is 19.1 Å². The predicted octanol–water partition coefficient (Wildman–Crippen LogP) is 3.51. The minimum absolute atomic E-state index is 0.0374. The predicted molar refractivity (Wildman–Crippen MR) is 125 cm³/mol. The molecule has 2 aromatic rings. The third-order valence-corrected chi connectivity index (χ3v) is 6.05. The van der Waals surface area contributed by atoms with Crippen LogP contribution in [0.1, 0.15) is 72.9 Å². The third-order valence-electron chi connectivity index (χ3n) is 6.05. The topological polar surface area (TPSA) is 93.5 Å². The van der Waals surface area contributed by atoms with E-state index >= 15 is 0 Å². The fraction of sp³-hybridized carbons (Fsp3) is 0.520. The van der Waals surface area contributed by atoms with Gasteiger partial charge in [0.15, 0.2) is 0 Å². The van der Waals surface area contributed by atoms with Gasteiger partial charge in [-0.1, -0.05) is 13.3 Å². The number of hydrogen-bond acceptors (Lipinski definition) is 5. The summed E-state index contributed by atoms with van der Waals surface area (Å²) in [6, 6.07) is 7.29. The molecule has 2 atom stereocenters. The molecule has 0 spiro atoms. The highest BCUT2D eigenvalue weighted by Gasteiger charge is 2.29. The first-order valence-electron chi connectivity index (χ1n) is 11.8. The molecule has 1 N–H and O–H groups in total. The van der Waals surface area contributed by atoms with E-state index < -0.39 is 5.97 Å². The monoisotopic (exact) mass is 454 g/mol.